The van der Waals surface area contributed by atoms with E-state index >= 15 is 0 Å². The summed E-state index contributed by atoms with van der Waals surface area (Å²) < 4.78 is 5.19. The van der Waals surface area contributed by atoms with Crippen LogP contribution in [0.25, 0.3) is 0 Å². The molecule has 0 unspecified atom stereocenters. The van der Waals surface area contributed by atoms with Gasteiger partial charge in [-0.15, -0.1) is 0 Å². The van der Waals surface area contributed by atoms with E-state index in [9.17, 15) is 9.90 Å². The van der Waals surface area contributed by atoms with E-state index < -0.39 is 0 Å². The molecule has 2 rings (SSSR count). The highest BCUT2D eigenvalue weighted by Gasteiger charge is 2.18. The average molecular weight is 256 g/mol. The van der Waals surface area contributed by atoms with Crippen LogP contribution in [0.15, 0.2) is 36.4 Å². The first kappa shape index (κ1) is 13.1. The van der Waals surface area contributed by atoms with Crippen molar-refractivity contribution in [2.75, 3.05) is 7.11 Å². The molecule has 0 saturated heterocycles. The molecule has 98 valence electrons. The van der Waals surface area contributed by atoms with Crippen molar-refractivity contribution in [2.24, 2.45) is 0 Å². The Kier molecular flexibility index (Phi) is 3.56. The predicted octanol–water partition coefficient (Wildman–Crippen LogP) is 3.25. The summed E-state index contributed by atoms with van der Waals surface area (Å²) in [6.45, 7) is 3.67. The second-order valence-electron chi connectivity index (χ2n) is 4.51. The smallest absolute Gasteiger partial charge is 0.200 e. The molecule has 2 aromatic rings. The summed E-state index contributed by atoms with van der Waals surface area (Å²) in [7, 11) is 1.52. The van der Waals surface area contributed by atoms with Crippen molar-refractivity contribution >= 4 is 5.78 Å². The molecule has 3 heteroatoms. The first-order chi connectivity index (χ1) is 9.04. The van der Waals surface area contributed by atoms with Crippen LogP contribution in [0.2, 0.25) is 0 Å². The van der Waals surface area contributed by atoms with E-state index in [4.69, 9.17) is 4.74 Å². The van der Waals surface area contributed by atoms with Crippen LogP contribution >= 0.6 is 0 Å². The molecule has 0 aliphatic carbocycles. The molecule has 3 nitrogen and oxygen atoms in total. The molecule has 0 amide bonds. The van der Waals surface area contributed by atoms with Crippen LogP contribution in [0, 0.1) is 13.8 Å². The Balaban J connectivity index is 2.56. The van der Waals surface area contributed by atoms with Crippen molar-refractivity contribution in [2.45, 2.75) is 13.8 Å². The van der Waals surface area contributed by atoms with E-state index in [-0.39, 0.29) is 11.5 Å². The fraction of sp³-hybridized carbons (Fsp3) is 0.188. The Morgan fingerprint density at radius 3 is 2.47 bits per heavy atom. The van der Waals surface area contributed by atoms with Crippen molar-refractivity contribution < 1.29 is 14.6 Å². The number of hydrogen-bond acceptors (Lipinski definition) is 3. The Bertz CT molecular complexity index is 630. The second-order valence-corrected chi connectivity index (χ2v) is 4.51. The summed E-state index contributed by atoms with van der Waals surface area (Å²) in [5, 5.41) is 10.1. The summed E-state index contributed by atoms with van der Waals surface area (Å²) in [6.07, 6.45) is 0. The maximum atomic E-state index is 12.5. The van der Waals surface area contributed by atoms with E-state index in [1.807, 2.05) is 13.0 Å². The minimum absolute atomic E-state index is 0.0292. The number of ether oxygens (including phenoxy) is 1. The third-order valence-corrected chi connectivity index (χ3v) is 3.04. The molecule has 0 heterocycles. The number of phenols is 1. The van der Waals surface area contributed by atoms with Crippen LogP contribution in [0.1, 0.15) is 27.0 Å². The SMILES string of the molecule is COc1ccccc1C(=O)c1cc(C)cc(C)c1O. The Morgan fingerprint density at radius 1 is 1.11 bits per heavy atom. The molecule has 0 fully saturated rings. The van der Waals surface area contributed by atoms with E-state index in [1.165, 1.54) is 7.11 Å². The zero-order chi connectivity index (χ0) is 14.0. The molecule has 19 heavy (non-hydrogen) atoms. The van der Waals surface area contributed by atoms with Gasteiger partial charge in [0.2, 0.25) is 0 Å². The molecular weight excluding hydrogens is 240 g/mol. The maximum Gasteiger partial charge on any atom is 0.200 e. The summed E-state index contributed by atoms with van der Waals surface area (Å²) in [6, 6.07) is 10.5. The summed E-state index contributed by atoms with van der Waals surface area (Å²) >= 11 is 0. The van der Waals surface area contributed by atoms with Gasteiger partial charge in [0.15, 0.2) is 5.78 Å². The standard InChI is InChI=1S/C16H16O3/c1-10-8-11(2)15(17)13(9-10)16(18)12-6-4-5-7-14(12)19-3/h4-9,17H,1-3H3. The van der Waals surface area contributed by atoms with Gasteiger partial charge >= 0.3 is 0 Å². The van der Waals surface area contributed by atoms with Crippen LogP contribution in [-0.4, -0.2) is 18.0 Å². The number of methoxy groups -OCH3 is 1. The lowest BCUT2D eigenvalue weighted by Gasteiger charge is -2.10. The van der Waals surface area contributed by atoms with Gasteiger partial charge in [-0.05, 0) is 43.2 Å². The second kappa shape index (κ2) is 5.14. The highest BCUT2D eigenvalue weighted by atomic mass is 16.5. The molecule has 0 spiro atoms. The number of rotatable bonds is 3. The number of aryl methyl sites for hydroxylation is 2. The third-order valence-electron chi connectivity index (χ3n) is 3.04. The molecule has 0 radical (unpaired) electrons. The maximum absolute atomic E-state index is 12.5. The zero-order valence-corrected chi connectivity index (χ0v) is 11.2. The topological polar surface area (TPSA) is 46.5 Å². The van der Waals surface area contributed by atoms with Gasteiger partial charge in [-0.3, -0.25) is 4.79 Å². The van der Waals surface area contributed by atoms with Gasteiger partial charge in [-0.1, -0.05) is 18.2 Å². The molecule has 0 aliphatic heterocycles. The van der Waals surface area contributed by atoms with Gasteiger partial charge in [0.1, 0.15) is 11.5 Å². The third kappa shape index (κ3) is 2.45. The number of carbonyl (C=O) groups excluding carboxylic acids is 1. The minimum Gasteiger partial charge on any atom is -0.507 e. The van der Waals surface area contributed by atoms with Crippen LogP contribution in [0.5, 0.6) is 11.5 Å². The van der Waals surface area contributed by atoms with Crippen LogP contribution in [0.4, 0.5) is 0 Å². The summed E-state index contributed by atoms with van der Waals surface area (Å²) in [4.78, 5) is 12.5. The summed E-state index contributed by atoms with van der Waals surface area (Å²) in [5.41, 5.74) is 2.39. The zero-order valence-electron chi connectivity index (χ0n) is 11.2. The van der Waals surface area contributed by atoms with Gasteiger partial charge in [-0.2, -0.15) is 0 Å². The van der Waals surface area contributed by atoms with E-state index in [0.29, 0.717) is 22.4 Å². The Hall–Kier alpha value is -2.29. The van der Waals surface area contributed by atoms with Crippen LogP contribution < -0.4 is 4.74 Å². The van der Waals surface area contributed by atoms with E-state index in [2.05, 4.69) is 0 Å². The molecule has 0 bridgehead atoms. The number of phenolic OH excluding ortho intramolecular Hbond substituents is 1. The van der Waals surface area contributed by atoms with Gasteiger partial charge in [0.05, 0.1) is 18.2 Å². The van der Waals surface area contributed by atoms with Crippen LogP contribution in [0.3, 0.4) is 0 Å². The predicted molar refractivity (Wildman–Crippen MR) is 74.0 cm³/mol. The molecule has 1 N–H and O–H groups in total. The number of hydrogen-bond donors (Lipinski definition) is 1. The van der Waals surface area contributed by atoms with Crippen molar-refractivity contribution in [3.05, 3.63) is 58.7 Å². The fourth-order valence-corrected chi connectivity index (χ4v) is 2.11. The van der Waals surface area contributed by atoms with Crippen LogP contribution in [-0.2, 0) is 0 Å². The lowest BCUT2D eigenvalue weighted by molar-refractivity contribution is 0.103. The quantitative estimate of drug-likeness (QED) is 0.857. The van der Waals surface area contributed by atoms with Crippen molar-refractivity contribution in [1.82, 2.24) is 0 Å². The number of carbonyl (C=O) groups is 1. The molecule has 0 aliphatic rings. The molecule has 0 atom stereocenters. The number of benzene rings is 2. The highest BCUT2D eigenvalue weighted by Crippen LogP contribution is 2.29. The van der Waals surface area contributed by atoms with Crippen molar-refractivity contribution in [3.63, 3.8) is 0 Å². The average Bonchev–Trinajstić information content (AvgIpc) is 2.42. The van der Waals surface area contributed by atoms with Crippen molar-refractivity contribution in [1.29, 1.82) is 0 Å². The minimum atomic E-state index is -0.234. The Labute approximate surface area is 112 Å². The van der Waals surface area contributed by atoms with E-state index in [0.717, 1.165) is 5.56 Å². The van der Waals surface area contributed by atoms with Gasteiger partial charge in [-0.25, -0.2) is 0 Å². The first-order valence-corrected chi connectivity index (χ1v) is 6.02. The number of aromatic hydroxyl groups is 1. The van der Waals surface area contributed by atoms with Gasteiger partial charge in [0.25, 0.3) is 0 Å². The molecule has 2 aromatic carbocycles. The molecular formula is C16H16O3. The monoisotopic (exact) mass is 256 g/mol. The molecule has 0 saturated carbocycles. The lowest BCUT2D eigenvalue weighted by Crippen LogP contribution is -2.05. The summed E-state index contributed by atoms with van der Waals surface area (Å²) in [5.74, 6) is 0.300. The highest BCUT2D eigenvalue weighted by molar-refractivity contribution is 6.12. The first-order valence-electron chi connectivity index (χ1n) is 6.02. The normalized spacial score (nSPS) is 10.3. The molecule has 0 aromatic heterocycles. The fourth-order valence-electron chi connectivity index (χ4n) is 2.11. The van der Waals surface area contributed by atoms with Gasteiger partial charge < -0.3 is 9.84 Å². The lowest BCUT2D eigenvalue weighted by atomic mass is 9.97. The largest absolute Gasteiger partial charge is 0.507 e. The van der Waals surface area contributed by atoms with Gasteiger partial charge in [0, 0.05) is 0 Å². The van der Waals surface area contributed by atoms with E-state index in [1.54, 1.807) is 37.3 Å². The van der Waals surface area contributed by atoms with Crippen molar-refractivity contribution in [3.8, 4) is 11.5 Å². The number of para-hydroxylation sites is 1. The number of ketones is 1. The Morgan fingerprint density at radius 2 is 1.79 bits per heavy atom.